The molecule has 3 heterocycles. The van der Waals surface area contributed by atoms with Gasteiger partial charge < -0.3 is 4.90 Å². The maximum absolute atomic E-state index is 13.8. The molecule has 36 heavy (non-hydrogen) atoms. The summed E-state index contributed by atoms with van der Waals surface area (Å²) in [6, 6.07) is -0.548. The number of rotatable bonds is 7. The molecule has 2 aliphatic carbocycles. The Morgan fingerprint density at radius 3 is 2.08 bits per heavy atom. The van der Waals surface area contributed by atoms with Crippen molar-refractivity contribution < 1.29 is 27.7 Å². The molecule has 5 aliphatic rings. The lowest BCUT2D eigenvalue weighted by Gasteiger charge is -2.49. The molecule has 0 aromatic heterocycles. The standard InChI is InChI=1S/C24H41N5O6S/c1-13-19(15(3)34-25-13)11-28-21-7-6-17(36(32,33)27-24(5)8-9-24)10-18(21)22(30)29(23(28)31)12-20-14(2)26-35-16(20)4/h13-21,25-27H,6-12H2,1-5H3. The maximum atomic E-state index is 13.8. The fourth-order valence-corrected chi connectivity index (χ4v) is 8.33. The number of fused-ring (bicyclic) bond motifs is 1. The van der Waals surface area contributed by atoms with E-state index in [1.807, 2.05) is 39.5 Å². The van der Waals surface area contributed by atoms with Crippen LogP contribution in [-0.4, -0.2) is 84.4 Å². The average Bonchev–Trinajstić information content (AvgIpc) is 3.34. The topological polar surface area (TPSA) is 129 Å². The summed E-state index contributed by atoms with van der Waals surface area (Å²) in [6.07, 6.45) is 2.59. The van der Waals surface area contributed by atoms with E-state index in [1.54, 1.807) is 0 Å². The highest BCUT2D eigenvalue weighted by Gasteiger charge is 2.54. The van der Waals surface area contributed by atoms with Crippen LogP contribution < -0.4 is 15.7 Å². The Bertz CT molecular complexity index is 969. The first kappa shape index (κ1) is 26.3. The van der Waals surface area contributed by atoms with E-state index in [0.29, 0.717) is 19.4 Å². The molecule has 11 nitrogen and oxygen atoms in total. The Hall–Kier alpha value is -1.31. The molecule has 2 saturated carbocycles. The van der Waals surface area contributed by atoms with Gasteiger partial charge in [-0.05, 0) is 66.7 Å². The van der Waals surface area contributed by atoms with E-state index in [2.05, 4.69) is 15.7 Å². The number of hydrogen-bond donors (Lipinski definition) is 3. The minimum absolute atomic E-state index is 0.0118. The van der Waals surface area contributed by atoms with E-state index in [0.717, 1.165) is 12.8 Å². The van der Waals surface area contributed by atoms with Gasteiger partial charge in [0.2, 0.25) is 15.9 Å². The van der Waals surface area contributed by atoms with Gasteiger partial charge in [0.05, 0.1) is 23.4 Å². The molecule has 3 saturated heterocycles. The van der Waals surface area contributed by atoms with Gasteiger partial charge in [0.15, 0.2) is 0 Å². The van der Waals surface area contributed by atoms with Crippen LogP contribution in [0.3, 0.4) is 0 Å². The summed E-state index contributed by atoms with van der Waals surface area (Å²) in [5.74, 6) is -0.791. The second kappa shape index (κ2) is 9.46. The van der Waals surface area contributed by atoms with Crippen LogP contribution in [0.1, 0.15) is 66.7 Å². The summed E-state index contributed by atoms with van der Waals surface area (Å²) < 4.78 is 29.3. The van der Waals surface area contributed by atoms with Gasteiger partial charge >= 0.3 is 6.03 Å². The molecule has 9 atom stereocenters. The second-order valence-corrected chi connectivity index (χ2v) is 13.9. The van der Waals surface area contributed by atoms with Crippen molar-refractivity contribution in [2.24, 2.45) is 17.8 Å². The third kappa shape index (κ3) is 4.80. The van der Waals surface area contributed by atoms with E-state index in [4.69, 9.17) is 9.68 Å². The molecule has 5 fully saturated rings. The van der Waals surface area contributed by atoms with Gasteiger partial charge in [-0.15, -0.1) is 0 Å². The molecular formula is C24H41N5O6S. The monoisotopic (exact) mass is 527 g/mol. The van der Waals surface area contributed by atoms with Gasteiger partial charge in [-0.3, -0.25) is 19.4 Å². The molecule has 0 aromatic carbocycles. The zero-order valence-corrected chi connectivity index (χ0v) is 22.7. The predicted octanol–water partition coefficient (Wildman–Crippen LogP) is 1.12. The molecule has 12 heteroatoms. The van der Waals surface area contributed by atoms with Crippen molar-refractivity contribution in [3.05, 3.63) is 0 Å². The summed E-state index contributed by atoms with van der Waals surface area (Å²) in [5.41, 5.74) is 5.61. The van der Waals surface area contributed by atoms with Crippen LogP contribution in [0, 0.1) is 17.8 Å². The molecule has 204 valence electrons. The SMILES string of the molecule is CC1NOC(C)C1CN1C(=O)C2CC(S(=O)(=O)NC3(C)CC3)CCC2N(CC2C(C)NOC2C)C1=O. The lowest BCUT2D eigenvalue weighted by Crippen LogP contribution is -2.66. The third-order valence-corrected chi connectivity index (χ3v) is 11.3. The van der Waals surface area contributed by atoms with Crippen LogP contribution >= 0.6 is 0 Å². The predicted molar refractivity (Wildman–Crippen MR) is 132 cm³/mol. The highest BCUT2D eigenvalue weighted by molar-refractivity contribution is 7.90. The summed E-state index contributed by atoms with van der Waals surface area (Å²) in [4.78, 5) is 42.0. The molecule has 9 unspecified atom stereocenters. The van der Waals surface area contributed by atoms with Crippen LogP contribution in [0.15, 0.2) is 0 Å². The summed E-state index contributed by atoms with van der Waals surface area (Å²) in [6.45, 7) is 10.5. The highest BCUT2D eigenvalue weighted by Crippen LogP contribution is 2.41. The molecule has 3 N–H and O–H groups in total. The average molecular weight is 528 g/mol. The zero-order chi connectivity index (χ0) is 26.0. The molecule has 0 aromatic rings. The summed E-state index contributed by atoms with van der Waals surface area (Å²) in [7, 11) is -3.57. The molecule has 3 aliphatic heterocycles. The number of urea groups is 1. The Kier molecular flexibility index (Phi) is 6.91. The second-order valence-electron chi connectivity index (χ2n) is 12.0. The van der Waals surface area contributed by atoms with Crippen LogP contribution in [0.4, 0.5) is 4.79 Å². The molecule has 0 bridgehead atoms. The first-order valence-electron chi connectivity index (χ1n) is 13.4. The van der Waals surface area contributed by atoms with E-state index in [1.165, 1.54) is 4.90 Å². The number of hydroxylamine groups is 2. The number of nitrogens with zero attached hydrogens (tertiary/aromatic N) is 2. The summed E-state index contributed by atoms with van der Waals surface area (Å²) >= 11 is 0. The lowest BCUT2D eigenvalue weighted by molar-refractivity contribution is -0.141. The van der Waals surface area contributed by atoms with Crippen molar-refractivity contribution >= 4 is 22.0 Å². The Labute approximate surface area is 213 Å². The number of sulfonamides is 1. The van der Waals surface area contributed by atoms with Crippen molar-refractivity contribution in [3.8, 4) is 0 Å². The first-order valence-corrected chi connectivity index (χ1v) is 14.9. The smallest absolute Gasteiger partial charge is 0.320 e. The minimum atomic E-state index is -3.57. The van der Waals surface area contributed by atoms with Gasteiger partial charge in [0, 0.05) is 48.6 Å². The van der Waals surface area contributed by atoms with Crippen molar-refractivity contribution in [3.63, 3.8) is 0 Å². The molecule has 3 amide bonds. The van der Waals surface area contributed by atoms with Crippen LogP contribution in [0.25, 0.3) is 0 Å². The molecule has 0 spiro atoms. The normalized spacial score (nSPS) is 42.6. The van der Waals surface area contributed by atoms with Crippen molar-refractivity contribution in [2.45, 2.75) is 108 Å². The van der Waals surface area contributed by atoms with Gasteiger partial charge in [0.25, 0.3) is 0 Å². The minimum Gasteiger partial charge on any atom is -0.320 e. The number of amides is 3. The number of carbonyl (C=O) groups excluding carboxylic acids is 2. The van der Waals surface area contributed by atoms with Crippen molar-refractivity contribution in [1.82, 2.24) is 25.5 Å². The van der Waals surface area contributed by atoms with E-state index in [-0.39, 0.29) is 72.6 Å². The van der Waals surface area contributed by atoms with E-state index in [9.17, 15) is 18.0 Å². The van der Waals surface area contributed by atoms with Gasteiger partial charge in [-0.2, -0.15) is 11.0 Å². The first-order chi connectivity index (χ1) is 16.9. The Balaban J connectivity index is 1.41. The highest BCUT2D eigenvalue weighted by atomic mass is 32.2. The quantitative estimate of drug-likeness (QED) is 0.449. The third-order valence-electron chi connectivity index (χ3n) is 9.22. The van der Waals surface area contributed by atoms with Crippen LogP contribution in [-0.2, 0) is 24.5 Å². The number of hydrogen-bond acceptors (Lipinski definition) is 8. The van der Waals surface area contributed by atoms with E-state index >= 15 is 0 Å². The number of imide groups is 1. The van der Waals surface area contributed by atoms with E-state index < -0.39 is 21.2 Å². The van der Waals surface area contributed by atoms with Gasteiger partial charge in [0.1, 0.15) is 0 Å². The fourth-order valence-electron chi connectivity index (χ4n) is 6.37. The Morgan fingerprint density at radius 1 is 0.972 bits per heavy atom. The van der Waals surface area contributed by atoms with Crippen molar-refractivity contribution in [1.29, 1.82) is 0 Å². The van der Waals surface area contributed by atoms with Gasteiger partial charge in [-0.25, -0.2) is 17.9 Å². The number of carbonyl (C=O) groups is 2. The summed E-state index contributed by atoms with van der Waals surface area (Å²) in [5, 5.41) is -0.638. The zero-order valence-electron chi connectivity index (χ0n) is 21.9. The molecule has 0 radical (unpaired) electrons. The number of nitrogens with one attached hydrogen (secondary N) is 3. The maximum Gasteiger partial charge on any atom is 0.326 e. The molecular weight excluding hydrogens is 486 g/mol. The fraction of sp³-hybridized carbons (Fsp3) is 0.917. The lowest BCUT2D eigenvalue weighted by atomic mass is 9.79. The van der Waals surface area contributed by atoms with Gasteiger partial charge in [-0.1, -0.05) is 0 Å². The van der Waals surface area contributed by atoms with Crippen molar-refractivity contribution in [2.75, 3.05) is 13.1 Å². The van der Waals surface area contributed by atoms with Crippen LogP contribution in [0.5, 0.6) is 0 Å². The molecule has 5 rings (SSSR count). The Morgan fingerprint density at radius 2 is 1.56 bits per heavy atom. The van der Waals surface area contributed by atoms with Crippen LogP contribution in [0.2, 0.25) is 0 Å². The largest absolute Gasteiger partial charge is 0.326 e.